The molecule has 1 aliphatic rings. The van der Waals surface area contributed by atoms with E-state index >= 15 is 0 Å². The summed E-state index contributed by atoms with van der Waals surface area (Å²) in [6, 6.07) is 8.08. The second-order valence-corrected chi connectivity index (χ2v) is 5.75. The van der Waals surface area contributed by atoms with Crippen molar-refractivity contribution in [2.45, 2.75) is 6.92 Å². The molecule has 0 aliphatic carbocycles. The first-order chi connectivity index (χ1) is 11.1. The molecule has 1 aromatic heterocycles. The van der Waals surface area contributed by atoms with Crippen molar-refractivity contribution < 1.29 is 14.7 Å². The number of hydrogen-bond acceptors (Lipinski definition) is 4. The van der Waals surface area contributed by atoms with Gasteiger partial charge in [0.05, 0.1) is 11.9 Å². The highest BCUT2D eigenvalue weighted by atomic mass is 16.4. The van der Waals surface area contributed by atoms with Gasteiger partial charge in [0, 0.05) is 43.1 Å². The van der Waals surface area contributed by atoms with Crippen molar-refractivity contribution in [3.8, 4) is 0 Å². The number of carbonyl (C=O) groups excluding carboxylic acids is 1. The maximum absolute atomic E-state index is 12.1. The Morgan fingerprint density at radius 1 is 1.13 bits per heavy atom. The van der Waals surface area contributed by atoms with Crippen molar-refractivity contribution in [2.24, 2.45) is 5.92 Å². The van der Waals surface area contributed by atoms with Crippen molar-refractivity contribution in [2.75, 3.05) is 31.1 Å². The third-order valence-corrected chi connectivity index (χ3v) is 4.32. The van der Waals surface area contributed by atoms with E-state index in [1.54, 1.807) is 4.90 Å². The first kappa shape index (κ1) is 15.3. The minimum absolute atomic E-state index is 0.312. The number of carboxylic acids is 1. The van der Waals surface area contributed by atoms with Crippen LogP contribution >= 0.6 is 0 Å². The maximum Gasteiger partial charge on any atom is 0.315 e. The Balaban J connectivity index is 1.74. The van der Waals surface area contributed by atoms with E-state index in [-0.39, 0.29) is 5.91 Å². The monoisotopic (exact) mass is 313 g/mol. The van der Waals surface area contributed by atoms with Crippen LogP contribution in [0.5, 0.6) is 0 Å². The highest BCUT2D eigenvalue weighted by molar-refractivity contribution is 5.97. The average molecular weight is 313 g/mol. The number of carbonyl (C=O) groups is 2. The Labute approximate surface area is 134 Å². The minimum Gasteiger partial charge on any atom is -0.481 e. The summed E-state index contributed by atoms with van der Waals surface area (Å²) in [7, 11) is 0. The van der Waals surface area contributed by atoms with E-state index in [1.807, 2.05) is 30.6 Å². The van der Waals surface area contributed by atoms with Gasteiger partial charge in [-0.05, 0) is 6.92 Å². The molecular formula is C17H19N3O3. The molecule has 0 radical (unpaired) electrons. The summed E-state index contributed by atoms with van der Waals surface area (Å²) in [5.41, 5.74) is 1.06. The van der Waals surface area contributed by atoms with Gasteiger partial charge in [-0.1, -0.05) is 24.3 Å². The van der Waals surface area contributed by atoms with Gasteiger partial charge in [-0.2, -0.15) is 0 Å². The summed E-state index contributed by atoms with van der Waals surface area (Å²) in [6.07, 6.45) is 3.69. The molecule has 3 rings (SSSR count). The quantitative estimate of drug-likeness (QED) is 0.871. The number of benzene rings is 1. The van der Waals surface area contributed by atoms with Crippen LogP contribution in [0.3, 0.4) is 0 Å². The van der Waals surface area contributed by atoms with E-state index in [0.717, 1.165) is 16.5 Å². The highest BCUT2D eigenvalue weighted by Gasteiger charge is 2.29. The molecule has 1 saturated heterocycles. The summed E-state index contributed by atoms with van der Waals surface area (Å²) in [5.74, 6) is -2.37. The SMILES string of the molecule is CC(C(=O)O)C(=O)N1CCN(c2cncc3ccccc23)CC1. The van der Waals surface area contributed by atoms with E-state index in [9.17, 15) is 9.59 Å². The van der Waals surface area contributed by atoms with Crippen LogP contribution in [0.25, 0.3) is 10.8 Å². The molecule has 2 heterocycles. The molecule has 1 aliphatic heterocycles. The van der Waals surface area contributed by atoms with Crippen molar-refractivity contribution in [1.29, 1.82) is 0 Å². The standard InChI is InChI=1S/C17H19N3O3/c1-12(17(22)23)16(21)20-8-6-19(7-9-20)15-11-18-10-13-4-2-3-5-14(13)15/h2-5,10-12H,6-9H2,1H3,(H,22,23). The largest absolute Gasteiger partial charge is 0.481 e. The zero-order chi connectivity index (χ0) is 16.4. The molecule has 6 heteroatoms. The molecule has 1 atom stereocenters. The third kappa shape index (κ3) is 2.97. The van der Waals surface area contributed by atoms with E-state index < -0.39 is 11.9 Å². The van der Waals surface area contributed by atoms with Gasteiger partial charge in [0.1, 0.15) is 5.92 Å². The zero-order valence-corrected chi connectivity index (χ0v) is 13.0. The van der Waals surface area contributed by atoms with Gasteiger partial charge in [0.15, 0.2) is 0 Å². The van der Waals surface area contributed by atoms with Crippen molar-refractivity contribution in [3.63, 3.8) is 0 Å². The Kier molecular flexibility index (Phi) is 4.14. The molecule has 0 saturated carbocycles. The van der Waals surface area contributed by atoms with Crippen LogP contribution in [0.1, 0.15) is 6.92 Å². The van der Waals surface area contributed by atoms with Crippen LogP contribution in [0, 0.1) is 5.92 Å². The number of pyridine rings is 1. The molecule has 0 spiro atoms. The number of fused-ring (bicyclic) bond motifs is 1. The van der Waals surface area contributed by atoms with E-state index in [0.29, 0.717) is 26.2 Å². The molecule has 1 unspecified atom stereocenters. The molecule has 0 bridgehead atoms. The number of nitrogens with zero attached hydrogens (tertiary/aromatic N) is 3. The Morgan fingerprint density at radius 2 is 1.83 bits per heavy atom. The number of aliphatic carboxylic acids is 1. The number of anilines is 1. The summed E-state index contributed by atoms with van der Waals surface area (Å²) >= 11 is 0. The number of hydrogen-bond donors (Lipinski definition) is 1. The van der Waals surface area contributed by atoms with Crippen LogP contribution in [0.4, 0.5) is 5.69 Å². The molecule has 6 nitrogen and oxygen atoms in total. The highest BCUT2D eigenvalue weighted by Crippen LogP contribution is 2.26. The number of aromatic nitrogens is 1. The summed E-state index contributed by atoms with van der Waals surface area (Å²) in [4.78, 5) is 31.2. The van der Waals surface area contributed by atoms with Crippen LogP contribution in [0.15, 0.2) is 36.7 Å². The molecule has 120 valence electrons. The second kappa shape index (κ2) is 6.24. The van der Waals surface area contributed by atoms with E-state index in [2.05, 4.69) is 16.0 Å². The summed E-state index contributed by atoms with van der Waals surface area (Å²) < 4.78 is 0. The maximum atomic E-state index is 12.1. The minimum atomic E-state index is -1.07. The van der Waals surface area contributed by atoms with Crippen molar-refractivity contribution in [3.05, 3.63) is 36.7 Å². The lowest BCUT2D eigenvalue weighted by Crippen LogP contribution is -2.51. The molecule has 1 amide bonds. The molecule has 23 heavy (non-hydrogen) atoms. The predicted molar refractivity (Wildman–Crippen MR) is 87.3 cm³/mol. The Bertz CT molecular complexity index is 733. The van der Waals surface area contributed by atoms with Gasteiger partial charge in [0.2, 0.25) is 5.91 Å². The van der Waals surface area contributed by atoms with Gasteiger partial charge in [-0.3, -0.25) is 14.6 Å². The molecule has 1 N–H and O–H groups in total. The van der Waals surface area contributed by atoms with Gasteiger partial charge in [0.25, 0.3) is 0 Å². The topological polar surface area (TPSA) is 73.7 Å². The fraction of sp³-hybridized carbons (Fsp3) is 0.353. The number of amides is 1. The van der Waals surface area contributed by atoms with Gasteiger partial charge in [-0.25, -0.2) is 0 Å². The number of piperazine rings is 1. The first-order valence-electron chi connectivity index (χ1n) is 7.67. The molecule has 2 aromatic rings. The van der Waals surface area contributed by atoms with E-state index in [1.165, 1.54) is 6.92 Å². The third-order valence-electron chi connectivity index (χ3n) is 4.32. The molecule has 1 fully saturated rings. The second-order valence-electron chi connectivity index (χ2n) is 5.75. The lowest BCUT2D eigenvalue weighted by atomic mass is 10.1. The Morgan fingerprint density at radius 3 is 2.52 bits per heavy atom. The van der Waals surface area contributed by atoms with Crippen LogP contribution in [0.2, 0.25) is 0 Å². The fourth-order valence-corrected chi connectivity index (χ4v) is 2.90. The van der Waals surface area contributed by atoms with Crippen LogP contribution in [-0.2, 0) is 9.59 Å². The van der Waals surface area contributed by atoms with Crippen molar-refractivity contribution in [1.82, 2.24) is 9.88 Å². The molecular weight excluding hydrogens is 294 g/mol. The predicted octanol–water partition coefficient (Wildman–Crippen LogP) is 1.60. The first-order valence-corrected chi connectivity index (χ1v) is 7.67. The lowest BCUT2D eigenvalue weighted by molar-refractivity contribution is -0.150. The normalized spacial score (nSPS) is 16.4. The molecule has 1 aromatic carbocycles. The van der Waals surface area contributed by atoms with Crippen molar-refractivity contribution >= 4 is 28.3 Å². The van der Waals surface area contributed by atoms with Gasteiger partial charge >= 0.3 is 5.97 Å². The van der Waals surface area contributed by atoms with Gasteiger partial charge in [-0.15, -0.1) is 0 Å². The van der Waals surface area contributed by atoms with Crippen LogP contribution in [-0.4, -0.2) is 53.0 Å². The number of rotatable bonds is 3. The van der Waals surface area contributed by atoms with Gasteiger partial charge < -0.3 is 14.9 Å². The summed E-state index contributed by atoms with van der Waals surface area (Å²) in [6.45, 7) is 3.84. The Hall–Kier alpha value is -2.63. The van der Waals surface area contributed by atoms with E-state index in [4.69, 9.17) is 5.11 Å². The van der Waals surface area contributed by atoms with Crippen LogP contribution < -0.4 is 4.90 Å². The fourth-order valence-electron chi connectivity index (χ4n) is 2.90. The summed E-state index contributed by atoms with van der Waals surface area (Å²) in [5, 5.41) is 11.2. The lowest BCUT2D eigenvalue weighted by Gasteiger charge is -2.37. The number of carboxylic acid groups (broad SMARTS) is 1. The average Bonchev–Trinajstić information content (AvgIpc) is 2.60. The smallest absolute Gasteiger partial charge is 0.315 e. The zero-order valence-electron chi connectivity index (χ0n) is 13.0.